The molecule has 1 fully saturated rings. The van der Waals surface area contributed by atoms with Crippen LogP contribution in [0.25, 0.3) is 0 Å². The second-order valence-electron chi connectivity index (χ2n) is 11.6. The Labute approximate surface area is 280 Å². The van der Waals surface area contributed by atoms with Gasteiger partial charge in [0.15, 0.2) is 0 Å². The zero-order valence-electron chi connectivity index (χ0n) is 26.1. The van der Waals surface area contributed by atoms with Crippen LogP contribution in [0.1, 0.15) is 31.4 Å². The van der Waals surface area contributed by atoms with Gasteiger partial charge in [-0.2, -0.15) is 0 Å². The lowest BCUT2D eigenvalue weighted by atomic mass is 10.0. The molecule has 0 unspecified atom stereocenters. The van der Waals surface area contributed by atoms with Gasteiger partial charge in [0.2, 0.25) is 35.4 Å². The topological polar surface area (TPSA) is 235 Å². The standard InChI is InChI=1S/C31H41N7O7S2/c1-31(2)17-35-25(40)14-22(27(33)42)37-30(45)23(13-18-6-4-3-5-7-18)36-26(41)15-34-29(44)24(16-46-47-31)38-28(43)21(32)12-19-8-10-20(39)11-9-19/h3-11,21-24,39H,12-17,32H2,1-2H3,(H2,33,42)(H,34,44)(H,35,40)(H,36,41)(H,37,45)(H,38,43)/t21-,22+,23-,24-/m0/s1. The number of hydrogen-bond donors (Lipinski definition) is 8. The van der Waals surface area contributed by atoms with Gasteiger partial charge in [-0.3, -0.25) is 28.8 Å². The van der Waals surface area contributed by atoms with Crippen LogP contribution in [-0.2, 0) is 41.6 Å². The minimum Gasteiger partial charge on any atom is -0.508 e. The van der Waals surface area contributed by atoms with Crippen LogP contribution < -0.4 is 38.1 Å². The minimum absolute atomic E-state index is 0.0453. The van der Waals surface area contributed by atoms with E-state index >= 15 is 0 Å². The van der Waals surface area contributed by atoms with Gasteiger partial charge >= 0.3 is 0 Å². The first-order valence-corrected chi connectivity index (χ1v) is 17.2. The van der Waals surface area contributed by atoms with E-state index in [4.69, 9.17) is 11.5 Å². The van der Waals surface area contributed by atoms with Crippen molar-refractivity contribution in [3.63, 3.8) is 0 Å². The molecule has 2 aromatic carbocycles. The zero-order chi connectivity index (χ0) is 34.6. The van der Waals surface area contributed by atoms with Gasteiger partial charge in [0.1, 0.15) is 23.9 Å². The summed E-state index contributed by atoms with van der Waals surface area (Å²) in [5.74, 6) is -3.97. The Bertz CT molecular complexity index is 1430. The van der Waals surface area contributed by atoms with Crippen LogP contribution in [0.15, 0.2) is 54.6 Å². The van der Waals surface area contributed by atoms with Gasteiger partial charge in [-0.05, 0) is 43.5 Å². The molecule has 0 saturated carbocycles. The van der Waals surface area contributed by atoms with Crippen molar-refractivity contribution in [1.29, 1.82) is 0 Å². The number of phenols is 1. The Kier molecular flexibility index (Phi) is 13.9. The largest absolute Gasteiger partial charge is 0.508 e. The van der Waals surface area contributed by atoms with E-state index in [0.717, 1.165) is 0 Å². The van der Waals surface area contributed by atoms with Gasteiger partial charge in [0.25, 0.3) is 0 Å². The number of primary amides is 1. The van der Waals surface area contributed by atoms with Crippen LogP contribution in [0, 0.1) is 0 Å². The van der Waals surface area contributed by atoms with E-state index in [0.29, 0.717) is 11.1 Å². The number of nitrogens with two attached hydrogens (primary N) is 2. The van der Waals surface area contributed by atoms with E-state index in [2.05, 4.69) is 26.6 Å². The number of carbonyl (C=O) groups is 6. The molecule has 3 rings (SSSR count). The molecule has 1 saturated heterocycles. The molecule has 1 heterocycles. The van der Waals surface area contributed by atoms with E-state index in [1.165, 1.54) is 33.7 Å². The molecule has 16 heteroatoms. The van der Waals surface area contributed by atoms with E-state index in [1.54, 1.807) is 42.5 Å². The summed E-state index contributed by atoms with van der Waals surface area (Å²) in [6.07, 6.45) is -0.210. The van der Waals surface area contributed by atoms with Crippen molar-refractivity contribution in [1.82, 2.24) is 26.6 Å². The number of nitrogens with one attached hydrogen (secondary N) is 5. The summed E-state index contributed by atoms with van der Waals surface area (Å²) in [5.41, 5.74) is 13.0. The molecule has 6 amide bonds. The maximum Gasteiger partial charge on any atom is 0.243 e. The average molecular weight is 688 g/mol. The SMILES string of the molecule is CC1(C)CNC(=O)C[C@H](C(N)=O)NC(=O)[C@H](Cc2ccccc2)NC(=O)CNC(=O)[C@@H](NC(=O)[C@@H](N)Cc2ccc(O)cc2)CSS1. The molecule has 47 heavy (non-hydrogen) atoms. The van der Waals surface area contributed by atoms with Gasteiger partial charge in [-0.1, -0.05) is 64.1 Å². The highest BCUT2D eigenvalue weighted by atomic mass is 33.1. The van der Waals surface area contributed by atoms with E-state index in [-0.39, 0.29) is 30.9 Å². The van der Waals surface area contributed by atoms with Gasteiger partial charge < -0.3 is 43.2 Å². The van der Waals surface area contributed by atoms with Crippen molar-refractivity contribution in [3.8, 4) is 5.75 Å². The lowest BCUT2D eigenvalue weighted by Crippen LogP contribution is -2.57. The van der Waals surface area contributed by atoms with Crippen molar-refractivity contribution in [2.45, 2.75) is 62.0 Å². The van der Waals surface area contributed by atoms with Crippen LogP contribution >= 0.6 is 21.6 Å². The fourth-order valence-electron chi connectivity index (χ4n) is 4.39. The van der Waals surface area contributed by atoms with Crippen LogP contribution in [-0.4, -0.2) is 88.3 Å². The first kappa shape index (κ1) is 37.2. The third kappa shape index (κ3) is 12.8. The molecular weight excluding hydrogens is 647 g/mol. The van der Waals surface area contributed by atoms with Crippen molar-refractivity contribution in [3.05, 3.63) is 65.7 Å². The molecule has 0 aromatic heterocycles. The summed E-state index contributed by atoms with van der Waals surface area (Å²) >= 11 is 0. The second-order valence-corrected chi connectivity index (χ2v) is 14.7. The van der Waals surface area contributed by atoms with Crippen LogP contribution in [0.4, 0.5) is 0 Å². The van der Waals surface area contributed by atoms with Crippen LogP contribution in [0.3, 0.4) is 0 Å². The first-order valence-electron chi connectivity index (χ1n) is 14.8. The summed E-state index contributed by atoms with van der Waals surface area (Å²) in [4.78, 5) is 77.5. The predicted octanol–water partition coefficient (Wildman–Crippen LogP) is -0.759. The second kappa shape index (κ2) is 17.6. The molecule has 0 bridgehead atoms. The maximum atomic E-state index is 13.3. The molecule has 4 atom stereocenters. The quantitative estimate of drug-likeness (QED) is 0.170. The predicted molar refractivity (Wildman–Crippen MR) is 180 cm³/mol. The Morgan fingerprint density at radius 1 is 0.957 bits per heavy atom. The number of carbonyl (C=O) groups excluding carboxylic acids is 6. The number of aromatic hydroxyl groups is 1. The molecule has 1 aliphatic heterocycles. The maximum absolute atomic E-state index is 13.3. The third-order valence-corrected chi connectivity index (χ3v) is 10.3. The van der Waals surface area contributed by atoms with Gasteiger partial charge in [-0.25, -0.2) is 0 Å². The normalized spacial score (nSPS) is 22.2. The lowest BCUT2D eigenvalue weighted by molar-refractivity contribution is -0.133. The molecule has 0 radical (unpaired) electrons. The summed E-state index contributed by atoms with van der Waals surface area (Å²) < 4.78 is -0.557. The van der Waals surface area contributed by atoms with Gasteiger partial charge in [0.05, 0.1) is 19.0 Å². The number of benzene rings is 2. The summed E-state index contributed by atoms with van der Waals surface area (Å²) in [6.45, 7) is 3.37. The van der Waals surface area contributed by atoms with E-state index in [1.807, 2.05) is 13.8 Å². The summed E-state index contributed by atoms with van der Waals surface area (Å²) in [5, 5.41) is 22.5. The monoisotopic (exact) mass is 687 g/mol. The van der Waals surface area contributed by atoms with E-state index in [9.17, 15) is 33.9 Å². The molecule has 254 valence electrons. The molecule has 0 spiro atoms. The highest BCUT2D eigenvalue weighted by Crippen LogP contribution is 2.35. The molecule has 1 aliphatic rings. The number of phenolic OH excluding ortho intramolecular Hbond substituents is 1. The fraction of sp³-hybridized carbons (Fsp3) is 0.419. The van der Waals surface area contributed by atoms with Crippen LogP contribution in [0.2, 0.25) is 0 Å². The van der Waals surface area contributed by atoms with Crippen molar-refractivity contribution < 1.29 is 33.9 Å². The van der Waals surface area contributed by atoms with Crippen molar-refractivity contribution in [2.75, 3.05) is 18.8 Å². The van der Waals surface area contributed by atoms with Gasteiger partial charge in [0, 0.05) is 23.5 Å². The minimum atomic E-state index is -1.33. The number of hydrogen-bond acceptors (Lipinski definition) is 10. The third-order valence-electron chi connectivity index (χ3n) is 7.00. The highest BCUT2D eigenvalue weighted by molar-refractivity contribution is 8.77. The van der Waals surface area contributed by atoms with Crippen molar-refractivity contribution in [2.24, 2.45) is 11.5 Å². The number of amides is 6. The molecule has 0 aliphatic carbocycles. The fourth-order valence-corrected chi connectivity index (χ4v) is 7.03. The smallest absolute Gasteiger partial charge is 0.243 e. The molecular formula is C31H41N7O7S2. The van der Waals surface area contributed by atoms with E-state index < -0.39 is 77.3 Å². The lowest BCUT2D eigenvalue weighted by Gasteiger charge is -2.27. The Morgan fingerprint density at radius 2 is 1.64 bits per heavy atom. The Hall–Kier alpha value is -4.28. The zero-order valence-corrected chi connectivity index (χ0v) is 27.7. The molecule has 10 N–H and O–H groups in total. The van der Waals surface area contributed by atoms with Crippen LogP contribution in [0.5, 0.6) is 5.75 Å². The number of rotatable bonds is 7. The van der Waals surface area contributed by atoms with Gasteiger partial charge in [-0.15, -0.1) is 0 Å². The Balaban J connectivity index is 1.79. The average Bonchev–Trinajstić information content (AvgIpc) is 3.02. The molecule has 14 nitrogen and oxygen atoms in total. The Morgan fingerprint density at radius 3 is 2.30 bits per heavy atom. The van der Waals surface area contributed by atoms with Crippen molar-refractivity contribution >= 4 is 57.0 Å². The first-order chi connectivity index (χ1) is 22.2. The summed E-state index contributed by atoms with van der Waals surface area (Å²) in [7, 11) is 2.63. The highest BCUT2D eigenvalue weighted by Gasteiger charge is 2.30. The summed E-state index contributed by atoms with van der Waals surface area (Å²) in [6, 6.07) is 10.5. The molecule has 2 aromatic rings.